The van der Waals surface area contributed by atoms with Gasteiger partial charge in [0.15, 0.2) is 0 Å². The summed E-state index contributed by atoms with van der Waals surface area (Å²) >= 11 is 0. The molecule has 0 spiro atoms. The summed E-state index contributed by atoms with van der Waals surface area (Å²) in [4.78, 5) is 23.1. The van der Waals surface area contributed by atoms with E-state index in [0.717, 1.165) is 6.42 Å². The molecular formula is C10H16N4O4. The van der Waals surface area contributed by atoms with Crippen LogP contribution in [0.2, 0.25) is 0 Å². The third-order valence-corrected chi connectivity index (χ3v) is 2.38. The highest BCUT2D eigenvalue weighted by molar-refractivity contribution is 5.75. The molecule has 1 amide bonds. The SMILES string of the molecule is COCCCN(C)C(=O)Cn1ccc([N+](=O)[O-])n1. The molecule has 0 N–H and O–H groups in total. The van der Waals surface area contributed by atoms with Crippen molar-refractivity contribution in [3.05, 3.63) is 22.4 Å². The molecule has 0 saturated carbocycles. The van der Waals surface area contributed by atoms with Crippen molar-refractivity contribution in [2.24, 2.45) is 0 Å². The Bertz CT molecular complexity index is 418. The predicted octanol–water partition coefficient (Wildman–Crippen LogP) is 0.286. The molecule has 0 aliphatic rings. The smallest absolute Gasteiger partial charge is 0.385 e. The van der Waals surface area contributed by atoms with Gasteiger partial charge in [-0.3, -0.25) is 4.79 Å². The Hall–Kier alpha value is -1.96. The van der Waals surface area contributed by atoms with E-state index < -0.39 is 4.92 Å². The van der Waals surface area contributed by atoms with Crippen LogP contribution in [0.3, 0.4) is 0 Å². The zero-order valence-corrected chi connectivity index (χ0v) is 10.4. The molecular weight excluding hydrogens is 240 g/mol. The minimum atomic E-state index is -0.594. The molecule has 100 valence electrons. The maximum absolute atomic E-state index is 11.7. The van der Waals surface area contributed by atoms with Crippen LogP contribution >= 0.6 is 0 Å². The Morgan fingerprint density at radius 2 is 2.39 bits per heavy atom. The second kappa shape index (κ2) is 6.70. The van der Waals surface area contributed by atoms with E-state index in [-0.39, 0.29) is 18.3 Å². The van der Waals surface area contributed by atoms with Crippen LogP contribution in [-0.4, -0.2) is 52.8 Å². The Balaban J connectivity index is 2.45. The Kier molecular flexibility index (Phi) is 5.25. The van der Waals surface area contributed by atoms with Gasteiger partial charge in [-0.05, 0) is 11.3 Å². The molecule has 0 radical (unpaired) electrons. The number of aromatic nitrogens is 2. The largest absolute Gasteiger partial charge is 0.389 e. The number of carbonyl (C=O) groups is 1. The predicted molar refractivity (Wildman–Crippen MR) is 63.0 cm³/mol. The lowest BCUT2D eigenvalue weighted by Crippen LogP contribution is -2.31. The Morgan fingerprint density at radius 3 is 2.94 bits per heavy atom. The summed E-state index contributed by atoms with van der Waals surface area (Å²) < 4.78 is 6.15. The van der Waals surface area contributed by atoms with Crippen LogP contribution in [0, 0.1) is 10.1 Å². The molecule has 0 unspecified atom stereocenters. The second-order valence-corrected chi connectivity index (χ2v) is 3.79. The fraction of sp³-hybridized carbons (Fsp3) is 0.600. The van der Waals surface area contributed by atoms with Gasteiger partial charge in [0.1, 0.15) is 6.54 Å². The number of nitro groups is 1. The van der Waals surface area contributed by atoms with Crippen molar-refractivity contribution in [3.8, 4) is 0 Å². The van der Waals surface area contributed by atoms with Gasteiger partial charge in [-0.2, -0.15) is 4.68 Å². The van der Waals surface area contributed by atoms with E-state index >= 15 is 0 Å². The van der Waals surface area contributed by atoms with Gasteiger partial charge in [-0.1, -0.05) is 0 Å². The maximum atomic E-state index is 11.7. The number of carbonyl (C=O) groups excluding carboxylic acids is 1. The summed E-state index contributed by atoms with van der Waals surface area (Å²) in [5.74, 6) is -0.408. The summed E-state index contributed by atoms with van der Waals surface area (Å²) in [5.41, 5.74) is 0. The first-order chi connectivity index (χ1) is 8.54. The van der Waals surface area contributed by atoms with Crippen molar-refractivity contribution in [1.29, 1.82) is 0 Å². The molecule has 0 bridgehead atoms. The molecule has 0 aliphatic heterocycles. The van der Waals surface area contributed by atoms with Crippen LogP contribution in [0.5, 0.6) is 0 Å². The summed E-state index contributed by atoms with van der Waals surface area (Å²) in [7, 11) is 3.28. The molecule has 0 aliphatic carbocycles. The third kappa shape index (κ3) is 4.13. The zero-order chi connectivity index (χ0) is 13.5. The first kappa shape index (κ1) is 14.1. The molecule has 18 heavy (non-hydrogen) atoms. The monoisotopic (exact) mass is 256 g/mol. The van der Waals surface area contributed by atoms with Crippen LogP contribution < -0.4 is 0 Å². The number of ether oxygens (including phenoxy) is 1. The molecule has 0 atom stereocenters. The summed E-state index contributed by atoms with van der Waals surface area (Å²) in [6.45, 7) is 1.16. The quantitative estimate of drug-likeness (QED) is 0.397. The highest BCUT2D eigenvalue weighted by Crippen LogP contribution is 2.05. The minimum Gasteiger partial charge on any atom is -0.385 e. The highest BCUT2D eigenvalue weighted by atomic mass is 16.6. The molecule has 8 nitrogen and oxygen atoms in total. The number of hydrogen-bond donors (Lipinski definition) is 0. The van der Waals surface area contributed by atoms with Crippen molar-refractivity contribution < 1.29 is 14.5 Å². The fourth-order valence-corrected chi connectivity index (χ4v) is 1.37. The molecule has 1 aromatic heterocycles. The molecule has 0 saturated heterocycles. The van der Waals surface area contributed by atoms with Gasteiger partial charge in [-0.15, -0.1) is 0 Å². The van der Waals surface area contributed by atoms with E-state index in [0.29, 0.717) is 13.2 Å². The number of likely N-dealkylation sites (N-methyl/N-ethyl adjacent to an activating group) is 1. The lowest BCUT2D eigenvalue weighted by Gasteiger charge is -2.15. The van der Waals surface area contributed by atoms with Gasteiger partial charge >= 0.3 is 5.82 Å². The average molecular weight is 256 g/mol. The van der Waals surface area contributed by atoms with Crippen molar-refractivity contribution in [1.82, 2.24) is 14.7 Å². The normalized spacial score (nSPS) is 10.3. The summed E-state index contributed by atoms with van der Waals surface area (Å²) in [6.07, 6.45) is 2.16. The van der Waals surface area contributed by atoms with Gasteiger partial charge in [0.25, 0.3) is 0 Å². The van der Waals surface area contributed by atoms with Crippen LogP contribution in [0.1, 0.15) is 6.42 Å². The van der Waals surface area contributed by atoms with Crippen molar-refractivity contribution >= 4 is 11.7 Å². The van der Waals surface area contributed by atoms with Crippen LogP contribution in [0.25, 0.3) is 0 Å². The van der Waals surface area contributed by atoms with Crippen molar-refractivity contribution in [2.45, 2.75) is 13.0 Å². The second-order valence-electron chi connectivity index (χ2n) is 3.79. The van der Waals surface area contributed by atoms with E-state index in [1.54, 1.807) is 19.1 Å². The van der Waals surface area contributed by atoms with E-state index in [2.05, 4.69) is 5.10 Å². The topological polar surface area (TPSA) is 90.5 Å². The van der Waals surface area contributed by atoms with Crippen molar-refractivity contribution in [3.63, 3.8) is 0 Å². The summed E-state index contributed by atoms with van der Waals surface area (Å²) in [5, 5.41) is 14.1. The number of rotatable bonds is 7. The van der Waals surface area contributed by atoms with Crippen molar-refractivity contribution in [2.75, 3.05) is 27.3 Å². The van der Waals surface area contributed by atoms with Crippen LogP contribution in [0.15, 0.2) is 12.3 Å². The van der Waals surface area contributed by atoms with Gasteiger partial charge in [0, 0.05) is 27.3 Å². The maximum Gasteiger partial charge on any atom is 0.389 e. The van der Waals surface area contributed by atoms with Gasteiger partial charge < -0.3 is 19.8 Å². The number of nitrogens with zero attached hydrogens (tertiary/aromatic N) is 4. The zero-order valence-electron chi connectivity index (χ0n) is 10.4. The standard InChI is InChI=1S/C10H16N4O4/c1-12(5-3-7-18-2)10(15)8-13-6-4-9(11-13)14(16)17/h4,6H,3,5,7-8H2,1-2H3. The first-order valence-electron chi connectivity index (χ1n) is 5.45. The summed E-state index contributed by atoms with van der Waals surface area (Å²) in [6, 6.07) is 1.26. The molecule has 1 rings (SSSR count). The molecule has 0 fully saturated rings. The number of methoxy groups -OCH3 is 1. The Morgan fingerprint density at radius 1 is 1.67 bits per heavy atom. The van der Waals surface area contributed by atoms with Crippen LogP contribution in [-0.2, 0) is 16.1 Å². The molecule has 1 aromatic rings. The molecule has 8 heteroatoms. The molecule has 0 aromatic carbocycles. The van der Waals surface area contributed by atoms with E-state index in [4.69, 9.17) is 4.74 Å². The van der Waals surface area contributed by atoms with Crippen LogP contribution in [0.4, 0.5) is 5.82 Å². The van der Waals surface area contributed by atoms with Gasteiger partial charge in [0.05, 0.1) is 17.4 Å². The van der Waals surface area contributed by atoms with E-state index in [9.17, 15) is 14.9 Å². The number of hydrogen-bond acceptors (Lipinski definition) is 5. The van der Waals surface area contributed by atoms with Gasteiger partial charge in [-0.25, -0.2) is 0 Å². The Labute approximate surface area is 104 Å². The lowest BCUT2D eigenvalue weighted by molar-refractivity contribution is -0.389. The first-order valence-corrected chi connectivity index (χ1v) is 5.45. The fourth-order valence-electron chi connectivity index (χ4n) is 1.37. The average Bonchev–Trinajstić information content (AvgIpc) is 2.77. The minimum absolute atomic E-state index is 0.00266. The van der Waals surface area contributed by atoms with E-state index in [1.165, 1.54) is 16.9 Å². The highest BCUT2D eigenvalue weighted by Gasteiger charge is 2.15. The van der Waals surface area contributed by atoms with Gasteiger partial charge in [0.2, 0.25) is 5.91 Å². The third-order valence-electron chi connectivity index (χ3n) is 2.38. The number of amides is 1. The molecule has 1 heterocycles. The lowest BCUT2D eigenvalue weighted by atomic mass is 10.4. The van der Waals surface area contributed by atoms with E-state index in [1.807, 2.05) is 0 Å².